The average Bonchev–Trinajstić information content (AvgIpc) is 2.67. The molecule has 100 valence electrons. The topological polar surface area (TPSA) is 36.4 Å². The zero-order valence-corrected chi connectivity index (χ0v) is 13.6. The number of rotatable bonds is 2. The van der Waals surface area contributed by atoms with Crippen molar-refractivity contribution < 1.29 is 0 Å². The highest BCUT2D eigenvalue weighted by Gasteiger charge is 2.32. The zero-order chi connectivity index (χ0) is 12.3. The van der Waals surface area contributed by atoms with Gasteiger partial charge in [-0.1, -0.05) is 31.2 Å². The van der Waals surface area contributed by atoms with Crippen molar-refractivity contribution in [2.45, 2.75) is 19.8 Å². The van der Waals surface area contributed by atoms with Crippen LogP contribution in [0.15, 0.2) is 29.3 Å². The van der Waals surface area contributed by atoms with Gasteiger partial charge in [0, 0.05) is 20.6 Å². The second-order valence-corrected chi connectivity index (χ2v) is 5.11. The molecule has 0 bridgehead atoms. The van der Waals surface area contributed by atoms with Crippen molar-refractivity contribution in [2.24, 2.45) is 10.4 Å². The van der Waals surface area contributed by atoms with Crippen LogP contribution in [0.25, 0.3) is 0 Å². The minimum Gasteiger partial charge on any atom is -0.359 e. The van der Waals surface area contributed by atoms with Gasteiger partial charge in [-0.05, 0) is 29.4 Å². The molecule has 0 radical (unpaired) electrons. The van der Waals surface area contributed by atoms with Gasteiger partial charge in [-0.15, -0.1) is 24.0 Å². The lowest BCUT2D eigenvalue weighted by atomic mass is 9.87. The Balaban J connectivity index is 0.00000162. The maximum Gasteiger partial charge on any atom is 0.190 e. The molecule has 2 rings (SSSR count). The van der Waals surface area contributed by atoms with E-state index in [1.807, 2.05) is 7.05 Å². The molecule has 0 saturated carbocycles. The summed E-state index contributed by atoms with van der Waals surface area (Å²) >= 11 is 0. The SMILES string of the molecule is CN=C(NC)NCC1(C)Cc2ccccc2C1.I. The number of guanidine groups is 1. The Morgan fingerprint density at radius 3 is 2.28 bits per heavy atom. The molecule has 1 aromatic carbocycles. The first-order valence-corrected chi connectivity index (χ1v) is 6.12. The number of nitrogens with zero attached hydrogens (tertiary/aromatic N) is 1. The van der Waals surface area contributed by atoms with E-state index < -0.39 is 0 Å². The van der Waals surface area contributed by atoms with E-state index >= 15 is 0 Å². The third kappa shape index (κ3) is 3.37. The molecule has 18 heavy (non-hydrogen) atoms. The van der Waals surface area contributed by atoms with Crippen LogP contribution in [0.4, 0.5) is 0 Å². The quantitative estimate of drug-likeness (QED) is 0.483. The van der Waals surface area contributed by atoms with E-state index in [0.717, 1.165) is 25.3 Å². The van der Waals surface area contributed by atoms with Crippen molar-refractivity contribution in [3.05, 3.63) is 35.4 Å². The number of hydrogen-bond donors (Lipinski definition) is 2. The van der Waals surface area contributed by atoms with Gasteiger partial charge >= 0.3 is 0 Å². The highest BCUT2D eigenvalue weighted by Crippen LogP contribution is 2.35. The summed E-state index contributed by atoms with van der Waals surface area (Å²) in [6.07, 6.45) is 2.30. The molecule has 0 spiro atoms. The number of benzene rings is 1. The molecule has 3 nitrogen and oxygen atoms in total. The fourth-order valence-corrected chi connectivity index (χ4v) is 2.59. The molecule has 0 unspecified atom stereocenters. The summed E-state index contributed by atoms with van der Waals surface area (Å²) in [6, 6.07) is 8.75. The average molecular weight is 359 g/mol. The van der Waals surface area contributed by atoms with Crippen LogP contribution in [0.2, 0.25) is 0 Å². The van der Waals surface area contributed by atoms with Gasteiger partial charge in [-0.25, -0.2) is 0 Å². The van der Waals surface area contributed by atoms with Crippen LogP contribution in [-0.4, -0.2) is 26.6 Å². The Kier molecular flexibility index (Phi) is 5.44. The molecule has 4 heteroatoms. The van der Waals surface area contributed by atoms with Gasteiger partial charge in [0.25, 0.3) is 0 Å². The lowest BCUT2D eigenvalue weighted by molar-refractivity contribution is 0.343. The molecule has 0 amide bonds. The molecule has 0 saturated heterocycles. The fourth-order valence-electron chi connectivity index (χ4n) is 2.59. The van der Waals surface area contributed by atoms with Crippen LogP contribution < -0.4 is 10.6 Å². The minimum atomic E-state index is 0. The van der Waals surface area contributed by atoms with E-state index in [9.17, 15) is 0 Å². The van der Waals surface area contributed by atoms with Crippen molar-refractivity contribution in [3.8, 4) is 0 Å². The molecule has 1 aliphatic rings. The van der Waals surface area contributed by atoms with Gasteiger partial charge in [0.15, 0.2) is 5.96 Å². The van der Waals surface area contributed by atoms with Crippen LogP contribution in [0, 0.1) is 5.41 Å². The predicted octanol–water partition coefficient (Wildman–Crippen LogP) is 2.20. The maximum absolute atomic E-state index is 4.14. The zero-order valence-electron chi connectivity index (χ0n) is 11.3. The Morgan fingerprint density at radius 1 is 1.28 bits per heavy atom. The van der Waals surface area contributed by atoms with E-state index in [-0.39, 0.29) is 24.0 Å². The first kappa shape index (κ1) is 15.3. The molecule has 1 aromatic rings. The summed E-state index contributed by atoms with van der Waals surface area (Å²) in [5.41, 5.74) is 3.30. The van der Waals surface area contributed by atoms with Crippen LogP contribution >= 0.6 is 24.0 Å². The third-order valence-corrected chi connectivity index (χ3v) is 3.50. The van der Waals surface area contributed by atoms with Crippen LogP contribution in [0.1, 0.15) is 18.1 Å². The Labute approximate surface area is 126 Å². The van der Waals surface area contributed by atoms with Crippen molar-refractivity contribution in [1.82, 2.24) is 10.6 Å². The van der Waals surface area contributed by atoms with Gasteiger partial charge in [-0.3, -0.25) is 4.99 Å². The summed E-state index contributed by atoms with van der Waals surface area (Å²) in [7, 11) is 3.69. The van der Waals surface area contributed by atoms with Gasteiger partial charge in [-0.2, -0.15) is 0 Å². The Morgan fingerprint density at radius 2 is 1.83 bits per heavy atom. The smallest absolute Gasteiger partial charge is 0.190 e. The first-order valence-electron chi connectivity index (χ1n) is 6.12. The van der Waals surface area contributed by atoms with Crippen molar-refractivity contribution in [3.63, 3.8) is 0 Å². The molecule has 0 aliphatic heterocycles. The maximum atomic E-state index is 4.14. The molecule has 0 fully saturated rings. The van der Waals surface area contributed by atoms with Crippen molar-refractivity contribution in [2.75, 3.05) is 20.6 Å². The molecule has 0 aromatic heterocycles. The molecule has 0 heterocycles. The number of fused-ring (bicyclic) bond motifs is 1. The number of hydrogen-bond acceptors (Lipinski definition) is 1. The van der Waals surface area contributed by atoms with Gasteiger partial charge < -0.3 is 10.6 Å². The number of halogens is 1. The molecule has 2 N–H and O–H groups in total. The minimum absolute atomic E-state index is 0. The number of nitrogens with one attached hydrogen (secondary N) is 2. The van der Waals surface area contributed by atoms with Crippen LogP contribution in [-0.2, 0) is 12.8 Å². The molecule has 0 atom stereocenters. The van der Waals surface area contributed by atoms with E-state index in [4.69, 9.17) is 0 Å². The van der Waals surface area contributed by atoms with Gasteiger partial charge in [0.05, 0.1) is 0 Å². The third-order valence-electron chi connectivity index (χ3n) is 3.50. The van der Waals surface area contributed by atoms with E-state index in [2.05, 4.69) is 46.8 Å². The van der Waals surface area contributed by atoms with E-state index in [1.165, 1.54) is 11.1 Å². The highest BCUT2D eigenvalue weighted by molar-refractivity contribution is 14.0. The highest BCUT2D eigenvalue weighted by atomic mass is 127. The summed E-state index contributed by atoms with van der Waals surface area (Å²) in [4.78, 5) is 4.14. The summed E-state index contributed by atoms with van der Waals surface area (Å²) in [6.45, 7) is 3.29. The summed E-state index contributed by atoms with van der Waals surface area (Å²) in [5.74, 6) is 0.863. The van der Waals surface area contributed by atoms with Crippen molar-refractivity contribution >= 4 is 29.9 Å². The monoisotopic (exact) mass is 359 g/mol. The second kappa shape index (κ2) is 6.41. The normalized spacial score (nSPS) is 16.7. The molecule has 1 aliphatic carbocycles. The van der Waals surface area contributed by atoms with Crippen LogP contribution in [0.5, 0.6) is 0 Å². The largest absolute Gasteiger partial charge is 0.359 e. The van der Waals surface area contributed by atoms with Gasteiger partial charge in [0.1, 0.15) is 0 Å². The fraction of sp³-hybridized carbons (Fsp3) is 0.500. The Hall–Kier alpha value is -0.780. The van der Waals surface area contributed by atoms with Crippen molar-refractivity contribution in [1.29, 1.82) is 0 Å². The summed E-state index contributed by atoms with van der Waals surface area (Å²) in [5, 5.41) is 6.43. The summed E-state index contributed by atoms with van der Waals surface area (Å²) < 4.78 is 0. The second-order valence-electron chi connectivity index (χ2n) is 5.11. The standard InChI is InChI=1S/C14H21N3.HI/c1-14(10-17-13(15-2)16-3)8-11-6-4-5-7-12(11)9-14;/h4-7H,8-10H2,1-3H3,(H2,15,16,17);1H. The molecular weight excluding hydrogens is 337 g/mol. The van der Waals surface area contributed by atoms with E-state index in [1.54, 1.807) is 7.05 Å². The van der Waals surface area contributed by atoms with E-state index in [0.29, 0.717) is 5.41 Å². The van der Waals surface area contributed by atoms with Gasteiger partial charge in [0.2, 0.25) is 0 Å². The first-order chi connectivity index (χ1) is 8.17. The molecular formula is C14H22IN3. The number of aliphatic imine (C=N–C) groups is 1. The van der Waals surface area contributed by atoms with Crippen LogP contribution in [0.3, 0.4) is 0 Å². The lowest BCUT2D eigenvalue weighted by Crippen LogP contribution is -2.41. The Bertz CT molecular complexity index is 404. The lowest BCUT2D eigenvalue weighted by Gasteiger charge is -2.24. The predicted molar refractivity (Wildman–Crippen MR) is 87.8 cm³/mol.